The van der Waals surface area contributed by atoms with E-state index in [1.165, 1.54) is 5.56 Å². The fourth-order valence-electron chi connectivity index (χ4n) is 2.16. The van der Waals surface area contributed by atoms with Crippen molar-refractivity contribution in [1.29, 1.82) is 0 Å². The van der Waals surface area contributed by atoms with Gasteiger partial charge in [0.25, 0.3) is 0 Å². The molecule has 4 heteroatoms. The van der Waals surface area contributed by atoms with E-state index in [1.807, 2.05) is 25.1 Å². The van der Waals surface area contributed by atoms with E-state index in [9.17, 15) is 0 Å². The Balaban J connectivity index is 2.01. The first-order valence-electron chi connectivity index (χ1n) is 7.44. The van der Waals surface area contributed by atoms with Crippen LogP contribution in [0.4, 0.5) is 11.4 Å². The molecule has 2 rings (SSSR count). The number of anilines is 2. The summed E-state index contributed by atoms with van der Waals surface area (Å²) in [7, 11) is 0. The van der Waals surface area contributed by atoms with Gasteiger partial charge in [-0.3, -0.25) is 0 Å². The number of thiocarbonyl (C=S) groups is 1. The average Bonchev–Trinajstić information content (AvgIpc) is 2.52. The van der Waals surface area contributed by atoms with Crippen LogP contribution in [0.25, 0.3) is 0 Å². The molecule has 2 N–H and O–H groups in total. The van der Waals surface area contributed by atoms with Crippen LogP contribution in [0.15, 0.2) is 42.5 Å². The zero-order valence-corrected chi connectivity index (χ0v) is 14.7. The minimum Gasteiger partial charge on any atom is -0.332 e. The van der Waals surface area contributed by atoms with Crippen LogP contribution in [0.5, 0.6) is 0 Å². The summed E-state index contributed by atoms with van der Waals surface area (Å²) < 4.78 is 0. The second-order valence-electron chi connectivity index (χ2n) is 5.42. The first kappa shape index (κ1) is 16.8. The van der Waals surface area contributed by atoms with E-state index in [0.29, 0.717) is 11.0 Å². The molecule has 2 aromatic carbocycles. The highest BCUT2D eigenvalue weighted by molar-refractivity contribution is 7.80. The Labute approximate surface area is 142 Å². The van der Waals surface area contributed by atoms with Gasteiger partial charge in [0, 0.05) is 16.4 Å². The molecule has 0 saturated heterocycles. The van der Waals surface area contributed by atoms with Gasteiger partial charge in [0.15, 0.2) is 5.11 Å². The van der Waals surface area contributed by atoms with E-state index >= 15 is 0 Å². The van der Waals surface area contributed by atoms with Crippen molar-refractivity contribution >= 4 is 40.3 Å². The Hall–Kier alpha value is -1.58. The molecule has 0 saturated carbocycles. The minimum absolute atomic E-state index is 0.557. The van der Waals surface area contributed by atoms with Crippen molar-refractivity contribution in [3.05, 3.63) is 58.6 Å². The lowest BCUT2D eigenvalue weighted by Crippen LogP contribution is -2.19. The molecule has 0 fully saturated rings. The van der Waals surface area contributed by atoms with Crippen molar-refractivity contribution in [3.63, 3.8) is 0 Å². The van der Waals surface area contributed by atoms with Crippen LogP contribution in [-0.4, -0.2) is 5.11 Å². The van der Waals surface area contributed by atoms with E-state index in [0.717, 1.165) is 28.4 Å². The quantitative estimate of drug-likeness (QED) is 0.674. The summed E-state index contributed by atoms with van der Waals surface area (Å²) in [5.74, 6) is 0.577. The average molecular weight is 333 g/mol. The van der Waals surface area contributed by atoms with E-state index in [2.05, 4.69) is 48.7 Å². The molecule has 0 aliphatic carbocycles. The van der Waals surface area contributed by atoms with Crippen LogP contribution >= 0.6 is 23.8 Å². The molecule has 0 radical (unpaired) electrons. The number of halogens is 1. The smallest absolute Gasteiger partial charge is 0.175 e. The van der Waals surface area contributed by atoms with Crippen molar-refractivity contribution in [2.45, 2.75) is 33.1 Å². The Bertz CT molecular complexity index is 653. The summed E-state index contributed by atoms with van der Waals surface area (Å²) in [6, 6.07) is 14.1. The zero-order valence-electron chi connectivity index (χ0n) is 13.1. The lowest BCUT2D eigenvalue weighted by atomic mass is 9.99. The van der Waals surface area contributed by atoms with Crippen molar-refractivity contribution in [2.75, 3.05) is 10.6 Å². The zero-order chi connectivity index (χ0) is 16.1. The normalized spacial score (nSPS) is 11.8. The highest BCUT2D eigenvalue weighted by Crippen LogP contribution is 2.24. The highest BCUT2D eigenvalue weighted by Gasteiger charge is 2.05. The van der Waals surface area contributed by atoms with Crippen LogP contribution in [0.1, 0.15) is 37.3 Å². The van der Waals surface area contributed by atoms with Gasteiger partial charge in [-0.2, -0.15) is 0 Å². The molecule has 2 nitrogen and oxygen atoms in total. The molecule has 0 spiro atoms. The molecule has 2 aromatic rings. The predicted molar refractivity (Wildman–Crippen MR) is 101 cm³/mol. The molecule has 0 heterocycles. The first-order valence-corrected chi connectivity index (χ1v) is 8.23. The van der Waals surface area contributed by atoms with Crippen LogP contribution in [0.2, 0.25) is 5.02 Å². The fraction of sp³-hybridized carbons (Fsp3) is 0.278. The Morgan fingerprint density at radius 1 is 1.14 bits per heavy atom. The number of rotatable bonds is 4. The Morgan fingerprint density at radius 3 is 2.45 bits per heavy atom. The maximum atomic E-state index is 6.11. The summed E-state index contributed by atoms with van der Waals surface area (Å²) in [5, 5.41) is 7.67. The molecule has 22 heavy (non-hydrogen) atoms. The van der Waals surface area contributed by atoms with Crippen molar-refractivity contribution in [2.24, 2.45) is 0 Å². The first-order chi connectivity index (χ1) is 10.5. The van der Waals surface area contributed by atoms with Gasteiger partial charge in [0.2, 0.25) is 0 Å². The molecule has 0 aromatic heterocycles. The summed E-state index contributed by atoms with van der Waals surface area (Å²) in [6.07, 6.45) is 1.14. The number of nitrogens with one attached hydrogen (secondary N) is 2. The van der Waals surface area contributed by atoms with Crippen molar-refractivity contribution < 1.29 is 0 Å². The third-order valence-electron chi connectivity index (χ3n) is 3.87. The van der Waals surface area contributed by atoms with Gasteiger partial charge in [-0.15, -0.1) is 0 Å². The SMILES string of the molecule is CC[C@@H](C)c1ccc(NC(=S)Nc2cccc(Cl)c2C)cc1. The van der Waals surface area contributed by atoms with Gasteiger partial charge in [0.1, 0.15) is 0 Å². The van der Waals surface area contributed by atoms with Crippen molar-refractivity contribution in [3.8, 4) is 0 Å². The molecule has 116 valence electrons. The van der Waals surface area contributed by atoms with Crippen molar-refractivity contribution in [1.82, 2.24) is 0 Å². The molecule has 0 aliphatic rings. The van der Waals surface area contributed by atoms with E-state index in [4.69, 9.17) is 23.8 Å². The topological polar surface area (TPSA) is 24.1 Å². The predicted octanol–water partition coefficient (Wildman–Crippen LogP) is 5.97. The third-order valence-corrected chi connectivity index (χ3v) is 4.48. The van der Waals surface area contributed by atoms with Gasteiger partial charge >= 0.3 is 0 Å². The standard InChI is InChI=1S/C18H21ClN2S/c1-4-12(2)14-8-10-15(11-9-14)20-18(22)21-17-7-5-6-16(19)13(17)3/h5-12H,4H2,1-3H3,(H2,20,21,22)/t12-/m1/s1. The van der Waals surface area contributed by atoms with Crippen LogP contribution in [-0.2, 0) is 0 Å². The maximum absolute atomic E-state index is 6.11. The largest absolute Gasteiger partial charge is 0.332 e. The van der Waals surface area contributed by atoms with Gasteiger partial charge in [-0.25, -0.2) is 0 Å². The third kappa shape index (κ3) is 4.21. The molecule has 0 amide bonds. The number of benzene rings is 2. The van der Waals surface area contributed by atoms with Gasteiger partial charge in [-0.05, 0) is 66.9 Å². The number of hydrogen-bond acceptors (Lipinski definition) is 1. The molecular formula is C18H21ClN2S. The Morgan fingerprint density at radius 2 is 1.82 bits per heavy atom. The van der Waals surface area contributed by atoms with Crippen LogP contribution < -0.4 is 10.6 Å². The van der Waals surface area contributed by atoms with E-state index in [1.54, 1.807) is 0 Å². The lowest BCUT2D eigenvalue weighted by Gasteiger charge is -2.14. The van der Waals surface area contributed by atoms with Crippen LogP contribution in [0.3, 0.4) is 0 Å². The molecule has 0 bridgehead atoms. The minimum atomic E-state index is 0.557. The molecule has 0 aliphatic heterocycles. The summed E-state index contributed by atoms with van der Waals surface area (Å²) in [6.45, 7) is 6.40. The van der Waals surface area contributed by atoms with Gasteiger partial charge in [0.05, 0.1) is 0 Å². The summed E-state index contributed by atoms with van der Waals surface area (Å²) >= 11 is 11.5. The Kier molecular flexibility index (Phi) is 5.81. The molecule has 0 unspecified atom stereocenters. The number of hydrogen-bond donors (Lipinski definition) is 2. The van der Waals surface area contributed by atoms with E-state index < -0.39 is 0 Å². The lowest BCUT2D eigenvalue weighted by molar-refractivity contribution is 0.734. The monoisotopic (exact) mass is 332 g/mol. The second kappa shape index (κ2) is 7.61. The highest BCUT2D eigenvalue weighted by atomic mass is 35.5. The van der Waals surface area contributed by atoms with E-state index in [-0.39, 0.29) is 0 Å². The molecular weight excluding hydrogens is 312 g/mol. The summed E-state index contributed by atoms with van der Waals surface area (Å²) in [4.78, 5) is 0. The van der Waals surface area contributed by atoms with Gasteiger partial charge in [-0.1, -0.05) is 43.6 Å². The van der Waals surface area contributed by atoms with Crippen LogP contribution in [0, 0.1) is 6.92 Å². The fourth-order valence-corrected chi connectivity index (χ4v) is 2.56. The second-order valence-corrected chi connectivity index (χ2v) is 6.24. The molecule has 1 atom stereocenters. The van der Waals surface area contributed by atoms with Gasteiger partial charge < -0.3 is 10.6 Å². The summed E-state index contributed by atoms with van der Waals surface area (Å²) in [5.41, 5.74) is 4.23. The maximum Gasteiger partial charge on any atom is 0.175 e.